The van der Waals surface area contributed by atoms with Gasteiger partial charge in [-0.3, -0.25) is 0 Å². The van der Waals surface area contributed by atoms with Crippen LogP contribution in [0.2, 0.25) is 0 Å². The molecule has 5 heteroatoms. The van der Waals surface area contributed by atoms with Crippen molar-refractivity contribution in [3.05, 3.63) is 23.8 Å². The molecule has 0 bridgehead atoms. The van der Waals surface area contributed by atoms with E-state index in [1.54, 1.807) is 0 Å². The molecule has 3 N–H and O–H groups in total. The Morgan fingerprint density at radius 1 is 1.32 bits per heavy atom. The number of fused-ring (bicyclic) bond motifs is 1. The lowest BCUT2D eigenvalue weighted by molar-refractivity contribution is -0.151. The number of carbonyl (C=O) groups excluding carboxylic acids is 1. The molecule has 1 saturated heterocycles. The van der Waals surface area contributed by atoms with Crippen molar-refractivity contribution in [2.24, 2.45) is 22.7 Å². The lowest BCUT2D eigenvalue weighted by atomic mass is 9.46. The van der Waals surface area contributed by atoms with Gasteiger partial charge in [0.25, 0.3) is 0 Å². The lowest BCUT2D eigenvalue weighted by Gasteiger charge is -2.59. The summed E-state index contributed by atoms with van der Waals surface area (Å²) in [7, 11) is 0. The molecular weight excluding hydrogens is 320 g/mol. The Bertz CT molecular complexity index is 597. The van der Waals surface area contributed by atoms with Crippen LogP contribution in [0.3, 0.4) is 0 Å². The molecule has 0 unspecified atom stereocenters. The zero-order valence-corrected chi connectivity index (χ0v) is 15.2. The Morgan fingerprint density at radius 3 is 2.64 bits per heavy atom. The van der Waals surface area contributed by atoms with Crippen LogP contribution in [0.4, 0.5) is 0 Å². The van der Waals surface area contributed by atoms with Gasteiger partial charge in [0, 0.05) is 5.41 Å². The molecule has 0 radical (unpaired) electrons. The van der Waals surface area contributed by atoms with Gasteiger partial charge in [-0.2, -0.15) is 0 Å². The Balaban J connectivity index is 1.89. The first kappa shape index (κ1) is 18.6. The van der Waals surface area contributed by atoms with Crippen LogP contribution < -0.4 is 0 Å². The van der Waals surface area contributed by atoms with Crippen LogP contribution >= 0.6 is 0 Å². The molecule has 3 rings (SSSR count). The first-order chi connectivity index (χ1) is 11.7. The average Bonchev–Trinajstić information content (AvgIpc) is 2.89. The fourth-order valence-corrected chi connectivity index (χ4v) is 5.56. The SMILES string of the molecule is C=C1CC[C@H]2[C@@](C)(CO)[C@@H](O)CC[C@@]2(C)[C@H]1C/C=C1/C(=O)OC[C@H]1O. The molecule has 25 heavy (non-hydrogen) atoms. The van der Waals surface area contributed by atoms with E-state index in [2.05, 4.69) is 13.5 Å². The van der Waals surface area contributed by atoms with Crippen LogP contribution in [0.1, 0.15) is 46.0 Å². The first-order valence-corrected chi connectivity index (χ1v) is 9.26. The van der Waals surface area contributed by atoms with Gasteiger partial charge in [0.15, 0.2) is 0 Å². The topological polar surface area (TPSA) is 87.0 Å². The van der Waals surface area contributed by atoms with Crippen molar-refractivity contribution in [3.8, 4) is 0 Å². The van der Waals surface area contributed by atoms with Crippen molar-refractivity contribution in [3.63, 3.8) is 0 Å². The molecule has 3 aliphatic rings. The van der Waals surface area contributed by atoms with E-state index in [0.29, 0.717) is 18.4 Å². The fraction of sp³-hybridized carbons (Fsp3) is 0.750. The van der Waals surface area contributed by atoms with E-state index < -0.39 is 23.6 Å². The number of carbonyl (C=O) groups is 1. The molecule has 3 fully saturated rings. The number of rotatable bonds is 3. The highest BCUT2D eigenvalue weighted by Gasteiger charge is 2.57. The van der Waals surface area contributed by atoms with E-state index in [0.717, 1.165) is 24.8 Å². The van der Waals surface area contributed by atoms with Gasteiger partial charge in [-0.25, -0.2) is 4.79 Å². The number of aliphatic hydroxyl groups is 3. The first-order valence-electron chi connectivity index (χ1n) is 9.26. The van der Waals surface area contributed by atoms with Crippen LogP contribution in [0.25, 0.3) is 0 Å². The van der Waals surface area contributed by atoms with Gasteiger partial charge >= 0.3 is 5.97 Å². The molecule has 1 aliphatic heterocycles. The van der Waals surface area contributed by atoms with Crippen molar-refractivity contribution < 1.29 is 24.9 Å². The second-order valence-corrected chi connectivity index (χ2v) is 8.54. The van der Waals surface area contributed by atoms with Crippen molar-refractivity contribution >= 4 is 5.97 Å². The zero-order valence-electron chi connectivity index (χ0n) is 15.2. The van der Waals surface area contributed by atoms with Crippen molar-refractivity contribution in [2.75, 3.05) is 13.2 Å². The summed E-state index contributed by atoms with van der Waals surface area (Å²) < 4.78 is 4.90. The summed E-state index contributed by atoms with van der Waals surface area (Å²) in [6.45, 7) is 8.50. The highest BCUT2D eigenvalue weighted by molar-refractivity contribution is 5.91. The third-order valence-electron chi connectivity index (χ3n) is 7.23. The van der Waals surface area contributed by atoms with Crippen LogP contribution in [0.15, 0.2) is 23.8 Å². The minimum absolute atomic E-state index is 0.0280. The Hall–Kier alpha value is -1.17. The molecular formula is C20H30O5. The minimum atomic E-state index is -0.844. The van der Waals surface area contributed by atoms with Gasteiger partial charge in [-0.15, -0.1) is 0 Å². The van der Waals surface area contributed by atoms with E-state index in [4.69, 9.17) is 4.74 Å². The highest BCUT2D eigenvalue weighted by Crippen LogP contribution is 2.61. The van der Waals surface area contributed by atoms with E-state index in [9.17, 15) is 20.1 Å². The second kappa shape index (κ2) is 6.53. The van der Waals surface area contributed by atoms with Crippen molar-refractivity contribution in [1.82, 2.24) is 0 Å². The number of cyclic esters (lactones) is 1. The molecule has 0 aromatic rings. The van der Waals surface area contributed by atoms with E-state index >= 15 is 0 Å². The smallest absolute Gasteiger partial charge is 0.336 e. The van der Waals surface area contributed by atoms with E-state index in [-0.39, 0.29) is 30.5 Å². The summed E-state index contributed by atoms with van der Waals surface area (Å²) >= 11 is 0. The van der Waals surface area contributed by atoms with E-state index in [1.165, 1.54) is 0 Å². The van der Waals surface area contributed by atoms with Crippen LogP contribution in [0, 0.1) is 22.7 Å². The summed E-state index contributed by atoms with van der Waals surface area (Å²) in [6.07, 6.45) is 4.42. The van der Waals surface area contributed by atoms with Gasteiger partial charge in [0.2, 0.25) is 0 Å². The predicted octanol–water partition coefficient (Wildman–Crippen LogP) is 1.96. The molecule has 140 valence electrons. The van der Waals surface area contributed by atoms with Gasteiger partial charge in [0.05, 0.1) is 18.3 Å². The maximum absolute atomic E-state index is 11.8. The zero-order chi connectivity index (χ0) is 18.4. The standard InChI is InChI=1S/C20H30O5/c1-12-4-7-16-19(2,9-8-17(23)20(16,3)11-21)14(12)6-5-13-15(22)10-25-18(13)24/h5,14-17,21-23H,1,4,6-11H2,2-3H3/b13-5+/t14-,15+,16+,17-,19-,20+/m0/s1. The lowest BCUT2D eigenvalue weighted by Crippen LogP contribution is -2.57. The maximum atomic E-state index is 11.8. The molecule has 2 saturated carbocycles. The number of hydrogen-bond donors (Lipinski definition) is 3. The fourth-order valence-electron chi connectivity index (χ4n) is 5.56. The van der Waals surface area contributed by atoms with Crippen LogP contribution in [0.5, 0.6) is 0 Å². The third kappa shape index (κ3) is 2.86. The molecule has 0 amide bonds. The Morgan fingerprint density at radius 2 is 2.04 bits per heavy atom. The normalized spacial score (nSPS) is 46.2. The number of aliphatic hydroxyl groups excluding tert-OH is 3. The van der Waals surface area contributed by atoms with Crippen LogP contribution in [-0.4, -0.2) is 46.7 Å². The second-order valence-electron chi connectivity index (χ2n) is 8.54. The molecule has 6 atom stereocenters. The summed E-state index contributed by atoms with van der Waals surface area (Å²) in [5.41, 5.74) is 0.911. The maximum Gasteiger partial charge on any atom is 0.336 e. The average molecular weight is 350 g/mol. The number of hydrogen-bond acceptors (Lipinski definition) is 5. The predicted molar refractivity (Wildman–Crippen MR) is 93.6 cm³/mol. The monoisotopic (exact) mass is 350 g/mol. The van der Waals surface area contributed by atoms with Crippen molar-refractivity contribution in [1.29, 1.82) is 0 Å². The largest absolute Gasteiger partial charge is 0.459 e. The van der Waals surface area contributed by atoms with Crippen molar-refractivity contribution in [2.45, 2.75) is 58.2 Å². The Kier molecular flexibility index (Phi) is 4.86. The Labute approximate surface area is 149 Å². The third-order valence-corrected chi connectivity index (χ3v) is 7.23. The molecule has 0 aromatic heterocycles. The van der Waals surface area contributed by atoms with Gasteiger partial charge in [0.1, 0.15) is 12.7 Å². The number of ether oxygens (including phenoxy) is 1. The summed E-state index contributed by atoms with van der Waals surface area (Å²) in [5, 5.41) is 30.4. The summed E-state index contributed by atoms with van der Waals surface area (Å²) in [5.74, 6) is -0.0734. The van der Waals surface area contributed by atoms with Gasteiger partial charge < -0.3 is 20.1 Å². The van der Waals surface area contributed by atoms with Crippen LogP contribution in [-0.2, 0) is 9.53 Å². The summed E-state index contributed by atoms with van der Waals surface area (Å²) in [4.78, 5) is 11.8. The molecule has 0 aromatic carbocycles. The molecule has 5 nitrogen and oxygen atoms in total. The quantitative estimate of drug-likeness (QED) is 0.411. The molecule has 1 heterocycles. The summed E-state index contributed by atoms with van der Waals surface area (Å²) in [6, 6.07) is 0. The molecule has 0 spiro atoms. The minimum Gasteiger partial charge on any atom is -0.459 e. The molecule has 2 aliphatic carbocycles. The highest BCUT2D eigenvalue weighted by atomic mass is 16.6. The van der Waals surface area contributed by atoms with E-state index in [1.807, 2.05) is 13.0 Å². The number of esters is 1. The van der Waals surface area contributed by atoms with Gasteiger partial charge in [-0.05, 0) is 49.4 Å². The number of allylic oxidation sites excluding steroid dienone is 2. The van der Waals surface area contributed by atoms with Gasteiger partial charge in [-0.1, -0.05) is 32.1 Å².